The first-order chi connectivity index (χ1) is 14.6. The van der Waals surface area contributed by atoms with E-state index in [1.54, 1.807) is 43.9 Å². The number of fused-ring (bicyclic) bond motifs is 1. The van der Waals surface area contributed by atoms with Gasteiger partial charge in [-0.3, -0.25) is 9.79 Å². The highest BCUT2D eigenvalue weighted by atomic mass is 16.5. The van der Waals surface area contributed by atoms with Crippen LogP contribution in [0.4, 0.5) is 0 Å². The van der Waals surface area contributed by atoms with Gasteiger partial charge in [0.2, 0.25) is 5.70 Å². The van der Waals surface area contributed by atoms with Crippen molar-refractivity contribution in [2.24, 2.45) is 15.8 Å². The lowest BCUT2D eigenvalue weighted by atomic mass is 10.00. The largest absolute Gasteiger partial charge is 0.496 e. The van der Waals surface area contributed by atoms with E-state index in [1.807, 2.05) is 48.6 Å². The van der Waals surface area contributed by atoms with Crippen LogP contribution in [0.5, 0.6) is 5.75 Å². The van der Waals surface area contributed by atoms with Crippen molar-refractivity contribution < 1.29 is 14.1 Å². The van der Waals surface area contributed by atoms with Gasteiger partial charge in [-0.25, -0.2) is 0 Å². The Kier molecular flexibility index (Phi) is 4.17. The zero-order valence-corrected chi connectivity index (χ0v) is 16.3. The van der Waals surface area contributed by atoms with Crippen LogP contribution in [0.1, 0.15) is 21.5 Å². The number of nitrogens with zero attached hydrogens (tertiary/aromatic N) is 3. The number of amidine groups is 1. The highest BCUT2D eigenvalue weighted by molar-refractivity contribution is 6.11. The molecule has 0 saturated heterocycles. The summed E-state index contributed by atoms with van der Waals surface area (Å²) in [5, 5.41) is 0. The van der Waals surface area contributed by atoms with Gasteiger partial charge in [0.25, 0.3) is 5.84 Å². The Morgan fingerprint density at radius 3 is 2.63 bits per heavy atom. The summed E-state index contributed by atoms with van der Waals surface area (Å²) in [7, 11) is 1.55. The van der Waals surface area contributed by atoms with E-state index in [9.17, 15) is 4.79 Å². The lowest BCUT2D eigenvalue weighted by Gasteiger charge is -2.26. The zero-order chi connectivity index (χ0) is 20.7. The molecule has 0 saturated carbocycles. The fourth-order valence-electron chi connectivity index (χ4n) is 3.70. The Bertz CT molecular complexity index is 1250. The number of rotatable bonds is 5. The minimum Gasteiger partial charge on any atom is -0.496 e. The van der Waals surface area contributed by atoms with Crippen LogP contribution in [0.25, 0.3) is 0 Å². The van der Waals surface area contributed by atoms with Crippen molar-refractivity contribution >= 4 is 17.8 Å². The molecule has 0 fully saturated rings. The molecule has 2 heterocycles. The number of hydrogen-bond acceptors (Lipinski definition) is 5. The lowest BCUT2D eigenvalue weighted by Crippen LogP contribution is -2.53. The lowest BCUT2D eigenvalue weighted by molar-refractivity contribution is -0.750. The summed E-state index contributed by atoms with van der Waals surface area (Å²) in [4.78, 5) is 22.0. The SMILES string of the molecule is COc1cc(C2=NC(C3=CC=C3)=C3C=NC=C[N+]23N)ccc1C(=O)c1ccccc1. The Balaban J connectivity index is 1.58. The highest BCUT2D eigenvalue weighted by Gasteiger charge is 2.45. The minimum absolute atomic E-state index is 0.0842. The second-order valence-corrected chi connectivity index (χ2v) is 7.11. The molecule has 0 aromatic heterocycles. The Morgan fingerprint density at radius 1 is 1.13 bits per heavy atom. The third-order valence-electron chi connectivity index (χ3n) is 5.36. The fraction of sp³-hybridized carbons (Fsp3) is 0.0417. The number of nitrogens with two attached hydrogens (primary N) is 1. The van der Waals surface area contributed by atoms with Crippen LogP contribution in [0.15, 0.2) is 106 Å². The molecule has 0 bridgehead atoms. The predicted octanol–water partition coefficient (Wildman–Crippen LogP) is 3.64. The molecule has 0 spiro atoms. The number of ether oxygens (including phenoxy) is 1. The monoisotopic (exact) mass is 395 g/mol. The van der Waals surface area contributed by atoms with Crippen molar-refractivity contribution in [1.82, 2.24) is 0 Å². The molecule has 30 heavy (non-hydrogen) atoms. The van der Waals surface area contributed by atoms with Gasteiger partial charge in [0, 0.05) is 11.1 Å². The molecule has 2 aromatic rings. The number of methoxy groups -OCH3 is 1. The molecule has 146 valence electrons. The van der Waals surface area contributed by atoms with Crippen LogP contribution in [0.3, 0.4) is 0 Å². The molecule has 0 amide bonds. The van der Waals surface area contributed by atoms with Crippen LogP contribution in [-0.4, -0.2) is 29.5 Å². The van der Waals surface area contributed by atoms with Gasteiger partial charge in [-0.2, -0.15) is 10.8 Å². The van der Waals surface area contributed by atoms with E-state index in [0.717, 1.165) is 22.5 Å². The summed E-state index contributed by atoms with van der Waals surface area (Å²) < 4.78 is 5.48. The maximum Gasteiger partial charge on any atom is 0.265 e. The van der Waals surface area contributed by atoms with Gasteiger partial charge >= 0.3 is 0 Å². The number of aliphatic imine (C=N–C) groups is 2. The number of carbonyl (C=O) groups is 1. The van der Waals surface area contributed by atoms with E-state index in [-0.39, 0.29) is 10.4 Å². The van der Waals surface area contributed by atoms with Gasteiger partial charge in [0.1, 0.15) is 17.6 Å². The summed E-state index contributed by atoms with van der Waals surface area (Å²) in [5.41, 5.74) is 4.48. The van der Waals surface area contributed by atoms with Gasteiger partial charge in [-0.1, -0.05) is 48.6 Å². The minimum atomic E-state index is -0.0988. The molecule has 2 aromatic carbocycles. The number of quaternary nitrogens is 1. The van der Waals surface area contributed by atoms with Crippen molar-refractivity contribution in [3.8, 4) is 5.75 Å². The number of hydrogen-bond donors (Lipinski definition) is 1. The first-order valence-electron chi connectivity index (χ1n) is 9.51. The first-order valence-corrected chi connectivity index (χ1v) is 9.51. The normalized spacial score (nSPS) is 21.1. The summed E-state index contributed by atoms with van der Waals surface area (Å²) in [6.07, 6.45) is 11.1. The molecular formula is C24H19N4O2+. The van der Waals surface area contributed by atoms with E-state index in [2.05, 4.69) is 4.99 Å². The van der Waals surface area contributed by atoms with E-state index < -0.39 is 0 Å². The van der Waals surface area contributed by atoms with Crippen LogP contribution in [-0.2, 0) is 0 Å². The quantitative estimate of drug-likeness (QED) is 0.477. The Hall–Kier alpha value is -3.87. The third kappa shape index (κ3) is 2.70. The number of ketones is 1. The van der Waals surface area contributed by atoms with Gasteiger partial charge in [0.05, 0.1) is 30.7 Å². The number of allylic oxidation sites excluding steroid dienone is 4. The topological polar surface area (TPSA) is 77.0 Å². The fourth-order valence-corrected chi connectivity index (χ4v) is 3.70. The van der Waals surface area contributed by atoms with Crippen molar-refractivity contribution in [3.63, 3.8) is 0 Å². The van der Waals surface area contributed by atoms with E-state index in [1.165, 1.54) is 0 Å². The molecule has 6 nitrogen and oxygen atoms in total. The van der Waals surface area contributed by atoms with Gasteiger partial charge in [-0.05, 0) is 18.2 Å². The van der Waals surface area contributed by atoms with Crippen LogP contribution in [0.2, 0.25) is 0 Å². The molecule has 5 rings (SSSR count). The Morgan fingerprint density at radius 2 is 1.93 bits per heavy atom. The second-order valence-electron chi connectivity index (χ2n) is 7.11. The second kappa shape index (κ2) is 6.88. The molecule has 6 heteroatoms. The first kappa shape index (κ1) is 18.2. The van der Waals surface area contributed by atoms with E-state index >= 15 is 0 Å². The van der Waals surface area contributed by atoms with Crippen molar-refractivity contribution in [3.05, 3.63) is 113 Å². The van der Waals surface area contributed by atoms with Gasteiger partial charge < -0.3 is 4.74 Å². The highest BCUT2D eigenvalue weighted by Crippen LogP contribution is 2.37. The summed E-state index contributed by atoms with van der Waals surface area (Å²) in [6, 6.07) is 14.6. The van der Waals surface area contributed by atoms with Gasteiger partial charge in [-0.15, -0.1) is 4.59 Å². The smallest absolute Gasteiger partial charge is 0.265 e. The van der Waals surface area contributed by atoms with Crippen LogP contribution < -0.4 is 10.6 Å². The predicted molar refractivity (Wildman–Crippen MR) is 116 cm³/mol. The Labute approximate surface area is 173 Å². The van der Waals surface area contributed by atoms with Crippen molar-refractivity contribution in [1.29, 1.82) is 0 Å². The molecule has 0 radical (unpaired) electrons. The van der Waals surface area contributed by atoms with E-state index in [4.69, 9.17) is 15.6 Å². The third-order valence-corrected chi connectivity index (χ3v) is 5.36. The van der Waals surface area contributed by atoms with E-state index in [0.29, 0.717) is 22.7 Å². The summed E-state index contributed by atoms with van der Waals surface area (Å²) in [6.45, 7) is 0. The maximum absolute atomic E-state index is 12.9. The standard InChI is InChI=1S/C24H19N4O2/c1-30-21-14-18(10-11-19(21)23(29)17-6-3-2-4-7-17)24-27-22(16-8-5-9-16)20-15-26-12-13-28(20,24)25/h2-15H,25H2,1H3/q+1. The maximum atomic E-state index is 12.9. The van der Waals surface area contributed by atoms with Crippen molar-refractivity contribution in [2.45, 2.75) is 0 Å². The number of benzene rings is 2. The summed E-state index contributed by atoms with van der Waals surface area (Å²) >= 11 is 0. The molecular weight excluding hydrogens is 376 g/mol. The molecule has 3 aliphatic rings. The molecule has 1 aliphatic carbocycles. The molecule has 2 N–H and O–H groups in total. The summed E-state index contributed by atoms with van der Waals surface area (Å²) in [5.74, 6) is 7.76. The number of carbonyl (C=O) groups excluding carboxylic acids is 1. The average Bonchev–Trinajstić information content (AvgIpc) is 3.05. The molecule has 1 atom stereocenters. The van der Waals surface area contributed by atoms with Gasteiger partial charge in [0.15, 0.2) is 5.78 Å². The van der Waals surface area contributed by atoms with Crippen LogP contribution >= 0.6 is 0 Å². The van der Waals surface area contributed by atoms with Crippen molar-refractivity contribution in [2.75, 3.05) is 7.11 Å². The van der Waals surface area contributed by atoms with Crippen LogP contribution in [0, 0.1) is 0 Å². The zero-order valence-electron chi connectivity index (χ0n) is 16.3. The average molecular weight is 395 g/mol. The molecule has 1 unspecified atom stereocenters. The molecule has 2 aliphatic heterocycles.